The van der Waals surface area contributed by atoms with Crippen molar-refractivity contribution in [3.8, 4) is 0 Å². The van der Waals surface area contributed by atoms with Crippen LogP contribution >= 0.6 is 0 Å². The third-order valence-electron chi connectivity index (χ3n) is 1.97. The number of hydrogen-bond donors (Lipinski definition) is 0. The summed E-state index contributed by atoms with van der Waals surface area (Å²) in [7, 11) is 0. The fourth-order valence-corrected chi connectivity index (χ4v) is 1.25. The maximum atomic E-state index is 11.9. The van der Waals surface area contributed by atoms with Gasteiger partial charge in [0.25, 0.3) is 0 Å². The molecule has 1 rings (SSSR count). The number of aromatic nitrogens is 2. The molecule has 0 aliphatic carbocycles. The van der Waals surface area contributed by atoms with E-state index in [0.29, 0.717) is 0 Å². The highest BCUT2D eigenvalue weighted by Crippen LogP contribution is 2.22. The molecule has 0 atom stereocenters. The number of nitrogens with zero attached hydrogens (tertiary/aromatic N) is 2. The summed E-state index contributed by atoms with van der Waals surface area (Å²) in [6.45, 7) is 3.82. The summed E-state index contributed by atoms with van der Waals surface area (Å²) in [5, 5.41) is 0. The molecule has 0 amide bonds. The lowest BCUT2D eigenvalue weighted by Crippen LogP contribution is -2.13. The van der Waals surface area contributed by atoms with Crippen molar-refractivity contribution in [2.75, 3.05) is 0 Å². The standard InChI is InChI=1S/C9H13F3N2/c1-7(2)8-5-13-6-14(8)4-3-9(10,11)12/h5-7H,3-4H2,1-2H3. The van der Waals surface area contributed by atoms with Gasteiger partial charge in [0.1, 0.15) is 0 Å². The molecule has 0 aliphatic rings. The van der Waals surface area contributed by atoms with Gasteiger partial charge in [0, 0.05) is 18.4 Å². The van der Waals surface area contributed by atoms with Crippen molar-refractivity contribution in [3.63, 3.8) is 0 Å². The van der Waals surface area contributed by atoms with Crippen LogP contribution in [-0.4, -0.2) is 15.7 Å². The third kappa shape index (κ3) is 3.05. The number of alkyl halides is 3. The molecule has 0 bridgehead atoms. The summed E-state index contributed by atoms with van der Waals surface area (Å²) < 4.78 is 37.4. The zero-order valence-corrected chi connectivity index (χ0v) is 8.17. The van der Waals surface area contributed by atoms with Gasteiger partial charge < -0.3 is 4.57 Å². The monoisotopic (exact) mass is 206 g/mol. The van der Waals surface area contributed by atoms with Crippen molar-refractivity contribution in [3.05, 3.63) is 18.2 Å². The van der Waals surface area contributed by atoms with Crippen LogP contribution in [0.5, 0.6) is 0 Å². The molecular formula is C9H13F3N2. The summed E-state index contributed by atoms with van der Waals surface area (Å²) in [5.74, 6) is 0.200. The van der Waals surface area contributed by atoms with Crippen molar-refractivity contribution in [2.24, 2.45) is 0 Å². The Morgan fingerprint density at radius 3 is 2.57 bits per heavy atom. The molecule has 0 spiro atoms. The average molecular weight is 206 g/mol. The van der Waals surface area contributed by atoms with E-state index in [4.69, 9.17) is 0 Å². The molecule has 0 N–H and O–H groups in total. The highest BCUT2D eigenvalue weighted by atomic mass is 19.4. The molecule has 0 aromatic carbocycles. The maximum Gasteiger partial charge on any atom is 0.390 e. The van der Waals surface area contributed by atoms with E-state index in [-0.39, 0.29) is 12.5 Å². The molecule has 80 valence electrons. The van der Waals surface area contributed by atoms with E-state index in [0.717, 1.165) is 5.69 Å². The molecular weight excluding hydrogens is 193 g/mol. The molecule has 1 aromatic rings. The summed E-state index contributed by atoms with van der Waals surface area (Å²) in [4.78, 5) is 3.84. The number of rotatable bonds is 3. The molecule has 0 aliphatic heterocycles. The zero-order chi connectivity index (χ0) is 10.8. The Hall–Kier alpha value is -1.00. The Morgan fingerprint density at radius 2 is 2.07 bits per heavy atom. The molecule has 0 fully saturated rings. The van der Waals surface area contributed by atoms with Gasteiger partial charge in [-0.1, -0.05) is 13.8 Å². The van der Waals surface area contributed by atoms with Gasteiger partial charge in [-0.15, -0.1) is 0 Å². The second-order valence-electron chi connectivity index (χ2n) is 3.53. The zero-order valence-electron chi connectivity index (χ0n) is 8.17. The fraction of sp³-hybridized carbons (Fsp3) is 0.667. The van der Waals surface area contributed by atoms with Gasteiger partial charge >= 0.3 is 6.18 Å². The second kappa shape index (κ2) is 4.02. The van der Waals surface area contributed by atoms with Crippen molar-refractivity contribution >= 4 is 0 Å². The van der Waals surface area contributed by atoms with Crippen molar-refractivity contribution in [2.45, 2.75) is 38.9 Å². The van der Waals surface area contributed by atoms with Gasteiger partial charge in [-0.2, -0.15) is 13.2 Å². The highest BCUT2D eigenvalue weighted by Gasteiger charge is 2.27. The topological polar surface area (TPSA) is 17.8 Å². The van der Waals surface area contributed by atoms with Gasteiger partial charge in [0.05, 0.1) is 12.7 Å². The number of hydrogen-bond acceptors (Lipinski definition) is 1. The highest BCUT2D eigenvalue weighted by molar-refractivity contribution is 5.03. The first kappa shape index (κ1) is 11.1. The molecule has 0 unspecified atom stereocenters. The minimum Gasteiger partial charge on any atom is -0.334 e. The largest absolute Gasteiger partial charge is 0.390 e. The van der Waals surface area contributed by atoms with Gasteiger partial charge in [0.2, 0.25) is 0 Å². The van der Waals surface area contributed by atoms with Crippen molar-refractivity contribution < 1.29 is 13.2 Å². The van der Waals surface area contributed by atoms with Gasteiger partial charge in [-0.05, 0) is 5.92 Å². The Kier molecular flexibility index (Phi) is 3.18. The molecule has 1 heterocycles. The average Bonchev–Trinajstić information content (AvgIpc) is 2.46. The minimum absolute atomic E-state index is 0.0446. The summed E-state index contributed by atoms with van der Waals surface area (Å²) in [6.07, 6.45) is -1.84. The van der Waals surface area contributed by atoms with E-state index >= 15 is 0 Å². The van der Waals surface area contributed by atoms with Gasteiger partial charge in [-0.25, -0.2) is 4.98 Å². The SMILES string of the molecule is CC(C)c1cncn1CCC(F)(F)F. The first-order valence-corrected chi connectivity index (χ1v) is 4.47. The first-order valence-electron chi connectivity index (χ1n) is 4.47. The van der Waals surface area contributed by atoms with Crippen LogP contribution in [-0.2, 0) is 6.54 Å². The summed E-state index contributed by atoms with van der Waals surface area (Å²) >= 11 is 0. The van der Waals surface area contributed by atoms with Crippen LogP contribution in [0, 0.1) is 0 Å². The quantitative estimate of drug-likeness (QED) is 0.743. The van der Waals surface area contributed by atoms with E-state index in [9.17, 15) is 13.2 Å². The van der Waals surface area contributed by atoms with Crippen LogP contribution in [0.2, 0.25) is 0 Å². The van der Waals surface area contributed by atoms with Crippen LogP contribution in [0.25, 0.3) is 0 Å². The predicted molar refractivity (Wildman–Crippen MR) is 47.0 cm³/mol. The van der Waals surface area contributed by atoms with E-state index < -0.39 is 12.6 Å². The molecule has 0 saturated carbocycles. The van der Waals surface area contributed by atoms with Crippen molar-refractivity contribution in [1.82, 2.24) is 9.55 Å². The Balaban J connectivity index is 2.63. The molecule has 0 radical (unpaired) electrons. The van der Waals surface area contributed by atoms with Crippen LogP contribution in [0.3, 0.4) is 0 Å². The lowest BCUT2D eigenvalue weighted by Gasteiger charge is -2.11. The Bertz CT molecular complexity index is 288. The Morgan fingerprint density at radius 1 is 1.43 bits per heavy atom. The van der Waals surface area contributed by atoms with E-state index in [1.54, 1.807) is 10.8 Å². The Labute approximate surface area is 80.8 Å². The summed E-state index contributed by atoms with van der Waals surface area (Å²) in [5.41, 5.74) is 0.842. The predicted octanol–water partition coefficient (Wildman–Crippen LogP) is 2.96. The fourth-order valence-electron chi connectivity index (χ4n) is 1.25. The molecule has 5 heteroatoms. The second-order valence-corrected chi connectivity index (χ2v) is 3.53. The van der Waals surface area contributed by atoms with Crippen LogP contribution in [0.1, 0.15) is 31.9 Å². The van der Waals surface area contributed by atoms with E-state index in [1.807, 2.05) is 13.8 Å². The first-order chi connectivity index (χ1) is 6.40. The number of aryl methyl sites for hydroxylation is 1. The van der Waals surface area contributed by atoms with Gasteiger partial charge in [-0.3, -0.25) is 0 Å². The van der Waals surface area contributed by atoms with E-state index in [1.165, 1.54) is 6.33 Å². The number of imidazole rings is 1. The van der Waals surface area contributed by atoms with Gasteiger partial charge in [0.15, 0.2) is 0 Å². The molecule has 2 nitrogen and oxygen atoms in total. The summed E-state index contributed by atoms with van der Waals surface area (Å²) in [6, 6.07) is 0. The van der Waals surface area contributed by atoms with Crippen LogP contribution in [0.4, 0.5) is 13.2 Å². The molecule has 1 aromatic heterocycles. The lowest BCUT2D eigenvalue weighted by atomic mass is 10.1. The lowest BCUT2D eigenvalue weighted by molar-refractivity contribution is -0.136. The van der Waals surface area contributed by atoms with Crippen LogP contribution < -0.4 is 0 Å². The third-order valence-corrected chi connectivity index (χ3v) is 1.97. The van der Waals surface area contributed by atoms with Crippen LogP contribution in [0.15, 0.2) is 12.5 Å². The maximum absolute atomic E-state index is 11.9. The smallest absolute Gasteiger partial charge is 0.334 e. The molecule has 0 saturated heterocycles. The number of halogens is 3. The normalized spacial score (nSPS) is 12.4. The molecule has 14 heavy (non-hydrogen) atoms. The minimum atomic E-state index is -4.10. The van der Waals surface area contributed by atoms with Crippen molar-refractivity contribution in [1.29, 1.82) is 0 Å². The van der Waals surface area contributed by atoms with E-state index in [2.05, 4.69) is 4.98 Å².